The van der Waals surface area contributed by atoms with Gasteiger partial charge in [0.1, 0.15) is 11.8 Å². The van der Waals surface area contributed by atoms with Gasteiger partial charge in [0.05, 0.1) is 13.7 Å². The van der Waals surface area contributed by atoms with Crippen LogP contribution in [0.3, 0.4) is 0 Å². The van der Waals surface area contributed by atoms with Crippen LogP contribution < -0.4 is 4.74 Å². The topological polar surface area (TPSA) is 55.8 Å². The normalized spacial score (nSPS) is 18.2. The standard InChI is InChI=1S/C15H19NO4/c1-3-20-12-6-4-11(5-7-12)10-16-13(15(18)19-2)8-9-14(16)17/h4-7,13H,3,8-10H2,1-2H3. The highest BCUT2D eigenvalue weighted by atomic mass is 16.5. The Labute approximate surface area is 118 Å². The van der Waals surface area contributed by atoms with Crippen molar-refractivity contribution >= 4 is 11.9 Å². The Morgan fingerprint density at radius 2 is 2.05 bits per heavy atom. The van der Waals surface area contributed by atoms with E-state index >= 15 is 0 Å². The average Bonchev–Trinajstić information content (AvgIpc) is 2.82. The molecule has 0 bridgehead atoms. The average molecular weight is 277 g/mol. The number of rotatable bonds is 5. The highest BCUT2D eigenvalue weighted by molar-refractivity contribution is 5.88. The maximum absolute atomic E-state index is 11.9. The number of benzene rings is 1. The van der Waals surface area contributed by atoms with Crippen molar-refractivity contribution in [1.82, 2.24) is 4.90 Å². The molecule has 5 heteroatoms. The van der Waals surface area contributed by atoms with Gasteiger partial charge in [-0.05, 0) is 31.0 Å². The molecule has 1 amide bonds. The molecule has 0 N–H and O–H groups in total. The second kappa shape index (κ2) is 6.41. The molecule has 1 heterocycles. The van der Waals surface area contributed by atoms with Crippen molar-refractivity contribution in [2.24, 2.45) is 0 Å². The van der Waals surface area contributed by atoms with Gasteiger partial charge < -0.3 is 14.4 Å². The molecule has 1 aliphatic heterocycles. The summed E-state index contributed by atoms with van der Waals surface area (Å²) in [4.78, 5) is 25.1. The maximum Gasteiger partial charge on any atom is 0.328 e. The minimum atomic E-state index is -0.459. The maximum atomic E-state index is 11.9. The van der Waals surface area contributed by atoms with Crippen molar-refractivity contribution in [3.8, 4) is 5.75 Å². The Morgan fingerprint density at radius 3 is 2.65 bits per heavy atom. The van der Waals surface area contributed by atoms with E-state index in [-0.39, 0.29) is 11.9 Å². The molecule has 1 unspecified atom stereocenters. The van der Waals surface area contributed by atoms with Gasteiger partial charge in [-0.2, -0.15) is 0 Å². The number of likely N-dealkylation sites (tertiary alicyclic amines) is 1. The molecule has 1 atom stereocenters. The molecule has 0 saturated carbocycles. The van der Waals surface area contributed by atoms with Gasteiger partial charge in [0.15, 0.2) is 0 Å². The molecule has 0 spiro atoms. The number of ether oxygens (including phenoxy) is 2. The Kier molecular flexibility index (Phi) is 4.61. The minimum Gasteiger partial charge on any atom is -0.494 e. The number of amides is 1. The predicted molar refractivity (Wildman–Crippen MR) is 73.2 cm³/mol. The van der Waals surface area contributed by atoms with E-state index in [0.717, 1.165) is 11.3 Å². The molecule has 5 nitrogen and oxygen atoms in total. The number of carbonyl (C=O) groups excluding carboxylic acids is 2. The molecule has 1 saturated heterocycles. The monoisotopic (exact) mass is 277 g/mol. The number of nitrogens with zero attached hydrogens (tertiary/aromatic N) is 1. The van der Waals surface area contributed by atoms with Crippen LogP contribution in [0.25, 0.3) is 0 Å². The Morgan fingerprint density at radius 1 is 1.35 bits per heavy atom. The third-order valence-electron chi connectivity index (χ3n) is 3.39. The first-order valence-corrected chi connectivity index (χ1v) is 6.74. The summed E-state index contributed by atoms with van der Waals surface area (Å²) in [5.74, 6) is 0.449. The predicted octanol–water partition coefficient (Wildman–Crippen LogP) is 1.75. The lowest BCUT2D eigenvalue weighted by Gasteiger charge is -2.22. The zero-order chi connectivity index (χ0) is 14.5. The molecular weight excluding hydrogens is 258 g/mol. The molecule has 1 aromatic carbocycles. The third kappa shape index (κ3) is 3.10. The van der Waals surface area contributed by atoms with E-state index in [1.807, 2.05) is 31.2 Å². The SMILES string of the molecule is CCOc1ccc(CN2C(=O)CCC2C(=O)OC)cc1. The number of hydrogen-bond donors (Lipinski definition) is 0. The Hall–Kier alpha value is -2.04. The summed E-state index contributed by atoms with van der Waals surface area (Å²) in [5.41, 5.74) is 0.970. The van der Waals surface area contributed by atoms with E-state index in [2.05, 4.69) is 0 Å². The zero-order valence-electron chi connectivity index (χ0n) is 11.8. The van der Waals surface area contributed by atoms with Gasteiger partial charge in [-0.1, -0.05) is 12.1 Å². The summed E-state index contributed by atoms with van der Waals surface area (Å²) < 4.78 is 10.1. The molecule has 1 fully saturated rings. The van der Waals surface area contributed by atoms with Gasteiger partial charge in [0.25, 0.3) is 0 Å². The number of hydrogen-bond acceptors (Lipinski definition) is 4. The molecule has 1 aromatic rings. The van der Waals surface area contributed by atoms with E-state index in [1.54, 1.807) is 4.90 Å². The first-order valence-electron chi connectivity index (χ1n) is 6.74. The number of esters is 1. The quantitative estimate of drug-likeness (QED) is 0.769. The van der Waals surface area contributed by atoms with Gasteiger partial charge in [-0.3, -0.25) is 4.79 Å². The van der Waals surface area contributed by atoms with Gasteiger partial charge in [-0.25, -0.2) is 4.79 Å². The molecule has 0 aliphatic carbocycles. The van der Waals surface area contributed by atoms with Crippen LogP contribution in [-0.4, -0.2) is 36.5 Å². The van der Waals surface area contributed by atoms with E-state index in [0.29, 0.717) is 26.0 Å². The van der Waals surface area contributed by atoms with Gasteiger partial charge in [0.2, 0.25) is 5.91 Å². The zero-order valence-corrected chi connectivity index (χ0v) is 11.8. The molecule has 108 valence electrons. The lowest BCUT2D eigenvalue weighted by atomic mass is 10.2. The second-order valence-corrected chi connectivity index (χ2v) is 4.68. The van der Waals surface area contributed by atoms with Gasteiger partial charge >= 0.3 is 5.97 Å². The summed E-state index contributed by atoms with van der Waals surface area (Å²) in [6, 6.07) is 7.09. The summed E-state index contributed by atoms with van der Waals surface area (Å²) in [5, 5.41) is 0. The summed E-state index contributed by atoms with van der Waals surface area (Å²) in [6.07, 6.45) is 0.930. The van der Waals surface area contributed by atoms with Crippen LogP contribution in [0.5, 0.6) is 5.75 Å². The fourth-order valence-corrected chi connectivity index (χ4v) is 2.37. The van der Waals surface area contributed by atoms with E-state index in [1.165, 1.54) is 7.11 Å². The largest absolute Gasteiger partial charge is 0.494 e. The van der Waals surface area contributed by atoms with Crippen molar-refractivity contribution in [3.63, 3.8) is 0 Å². The van der Waals surface area contributed by atoms with Gasteiger partial charge in [0, 0.05) is 13.0 Å². The van der Waals surface area contributed by atoms with Crippen LogP contribution in [0, 0.1) is 0 Å². The molecule has 0 aromatic heterocycles. The molecule has 2 rings (SSSR count). The number of methoxy groups -OCH3 is 1. The lowest BCUT2D eigenvalue weighted by Crippen LogP contribution is -2.38. The molecule has 20 heavy (non-hydrogen) atoms. The third-order valence-corrected chi connectivity index (χ3v) is 3.39. The van der Waals surface area contributed by atoms with E-state index < -0.39 is 6.04 Å². The fourth-order valence-electron chi connectivity index (χ4n) is 2.37. The molecule has 0 radical (unpaired) electrons. The van der Waals surface area contributed by atoms with Crippen molar-refractivity contribution in [3.05, 3.63) is 29.8 Å². The van der Waals surface area contributed by atoms with Crippen LogP contribution in [0.1, 0.15) is 25.3 Å². The summed E-state index contributed by atoms with van der Waals surface area (Å²) in [7, 11) is 1.35. The lowest BCUT2D eigenvalue weighted by molar-refractivity contribution is -0.149. The van der Waals surface area contributed by atoms with Crippen LogP contribution >= 0.6 is 0 Å². The van der Waals surface area contributed by atoms with Crippen molar-refractivity contribution in [2.75, 3.05) is 13.7 Å². The van der Waals surface area contributed by atoms with E-state index in [4.69, 9.17) is 9.47 Å². The van der Waals surface area contributed by atoms with Crippen LogP contribution in [-0.2, 0) is 20.9 Å². The molecule has 1 aliphatic rings. The van der Waals surface area contributed by atoms with Gasteiger partial charge in [-0.15, -0.1) is 0 Å². The second-order valence-electron chi connectivity index (χ2n) is 4.68. The summed E-state index contributed by atoms with van der Waals surface area (Å²) >= 11 is 0. The van der Waals surface area contributed by atoms with Crippen LogP contribution in [0.4, 0.5) is 0 Å². The Balaban J connectivity index is 2.06. The minimum absolute atomic E-state index is 0.00529. The summed E-state index contributed by atoms with van der Waals surface area (Å²) in [6.45, 7) is 2.97. The smallest absolute Gasteiger partial charge is 0.328 e. The first-order chi connectivity index (χ1) is 9.65. The highest BCUT2D eigenvalue weighted by Gasteiger charge is 2.36. The number of carbonyl (C=O) groups is 2. The van der Waals surface area contributed by atoms with Crippen molar-refractivity contribution in [2.45, 2.75) is 32.4 Å². The Bertz CT molecular complexity index is 483. The highest BCUT2D eigenvalue weighted by Crippen LogP contribution is 2.23. The van der Waals surface area contributed by atoms with Crippen molar-refractivity contribution in [1.29, 1.82) is 0 Å². The van der Waals surface area contributed by atoms with Crippen LogP contribution in [0.2, 0.25) is 0 Å². The van der Waals surface area contributed by atoms with Crippen molar-refractivity contribution < 1.29 is 19.1 Å². The van der Waals surface area contributed by atoms with Crippen LogP contribution in [0.15, 0.2) is 24.3 Å². The fraction of sp³-hybridized carbons (Fsp3) is 0.467. The first kappa shape index (κ1) is 14.4. The van der Waals surface area contributed by atoms with E-state index in [9.17, 15) is 9.59 Å². The molecular formula is C15H19NO4.